The molecule has 1 unspecified atom stereocenters. The van der Waals surface area contributed by atoms with Crippen molar-refractivity contribution in [2.75, 3.05) is 25.5 Å². The number of benzene rings is 2. The lowest BCUT2D eigenvalue weighted by Crippen LogP contribution is -2.25. The third-order valence-corrected chi connectivity index (χ3v) is 3.53. The summed E-state index contributed by atoms with van der Waals surface area (Å²) in [7, 11) is 3.92. The summed E-state index contributed by atoms with van der Waals surface area (Å²) in [5, 5.41) is 12.9. The highest BCUT2D eigenvalue weighted by Crippen LogP contribution is 2.15. The van der Waals surface area contributed by atoms with Crippen molar-refractivity contribution in [3.8, 4) is 0 Å². The van der Waals surface area contributed by atoms with Crippen LogP contribution >= 0.6 is 0 Å². The molecule has 0 saturated carbocycles. The molecule has 0 radical (unpaired) electrons. The lowest BCUT2D eigenvalue weighted by Gasteiger charge is -2.13. The Morgan fingerprint density at radius 3 is 2.32 bits per heavy atom. The average molecular weight is 298 g/mol. The van der Waals surface area contributed by atoms with Crippen molar-refractivity contribution in [3.05, 3.63) is 65.7 Å². The summed E-state index contributed by atoms with van der Waals surface area (Å²) in [5.41, 5.74) is 2.54. The molecular formula is C18H22N2O2. The maximum atomic E-state index is 12.0. The van der Waals surface area contributed by atoms with Gasteiger partial charge in [-0.05, 0) is 36.2 Å². The second-order valence-electron chi connectivity index (χ2n) is 5.41. The number of aliphatic hydroxyl groups is 1. The summed E-state index contributed by atoms with van der Waals surface area (Å²) in [6.45, 7) is 0.435. The molecule has 1 atom stereocenters. The van der Waals surface area contributed by atoms with Gasteiger partial charge < -0.3 is 15.3 Å². The molecule has 2 aromatic rings. The maximum absolute atomic E-state index is 12.0. The second-order valence-corrected chi connectivity index (χ2v) is 5.41. The van der Waals surface area contributed by atoms with Crippen molar-refractivity contribution in [1.82, 2.24) is 5.32 Å². The molecule has 4 nitrogen and oxygen atoms in total. The van der Waals surface area contributed by atoms with Crippen LogP contribution in [0.4, 0.5) is 5.69 Å². The van der Waals surface area contributed by atoms with E-state index in [-0.39, 0.29) is 5.91 Å². The van der Waals surface area contributed by atoms with Gasteiger partial charge in [-0.2, -0.15) is 0 Å². The molecule has 0 heterocycles. The number of nitrogens with one attached hydrogen (secondary N) is 1. The lowest BCUT2D eigenvalue weighted by molar-refractivity contribution is 0.0942. The highest BCUT2D eigenvalue weighted by molar-refractivity contribution is 5.94. The van der Waals surface area contributed by atoms with Crippen LogP contribution in [0.25, 0.3) is 0 Å². The smallest absolute Gasteiger partial charge is 0.251 e. The fraction of sp³-hybridized carbons (Fsp3) is 0.278. The van der Waals surface area contributed by atoms with Crippen molar-refractivity contribution < 1.29 is 9.90 Å². The number of carbonyl (C=O) groups is 1. The molecule has 22 heavy (non-hydrogen) atoms. The minimum atomic E-state index is -0.558. The SMILES string of the molecule is CN(C)c1ccc(C(=O)NCCC(O)c2ccccc2)cc1. The Labute approximate surface area is 131 Å². The van der Waals surface area contributed by atoms with Gasteiger partial charge in [0.15, 0.2) is 0 Å². The summed E-state index contributed by atoms with van der Waals surface area (Å²) in [5.74, 6) is -0.120. The number of nitrogens with zero attached hydrogens (tertiary/aromatic N) is 1. The summed E-state index contributed by atoms with van der Waals surface area (Å²) in [6.07, 6.45) is -0.0662. The van der Waals surface area contributed by atoms with Crippen LogP contribution < -0.4 is 10.2 Å². The van der Waals surface area contributed by atoms with E-state index in [1.165, 1.54) is 0 Å². The van der Waals surface area contributed by atoms with Gasteiger partial charge in [0, 0.05) is 31.9 Å². The molecule has 2 N–H and O–H groups in total. The number of hydrogen-bond donors (Lipinski definition) is 2. The van der Waals surface area contributed by atoms with E-state index in [0.29, 0.717) is 18.5 Å². The number of amides is 1. The summed E-state index contributed by atoms with van der Waals surface area (Å²) in [6, 6.07) is 16.9. The van der Waals surface area contributed by atoms with Crippen LogP contribution in [-0.4, -0.2) is 31.7 Å². The Morgan fingerprint density at radius 1 is 1.09 bits per heavy atom. The van der Waals surface area contributed by atoms with Gasteiger partial charge in [0.1, 0.15) is 0 Å². The minimum Gasteiger partial charge on any atom is -0.388 e. The second kappa shape index (κ2) is 7.61. The topological polar surface area (TPSA) is 52.6 Å². The summed E-state index contributed by atoms with van der Waals surface area (Å²) in [4.78, 5) is 14.0. The number of anilines is 1. The first-order valence-corrected chi connectivity index (χ1v) is 7.36. The van der Waals surface area contributed by atoms with E-state index in [1.54, 1.807) is 12.1 Å². The predicted octanol–water partition coefficient (Wildman–Crippen LogP) is 2.61. The molecule has 2 rings (SSSR count). The molecule has 0 aromatic heterocycles. The fourth-order valence-electron chi connectivity index (χ4n) is 2.18. The molecule has 0 bridgehead atoms. The molecule has 1 amide bonds. The quantitative estimate of drug-likeness (QED) is 0.862. The highest BCUT2D eigenvalue weighted by atomic mass is 16.3. The van der Waals surface area contributed by atoms with Gasteiger partial charge in [-0.15, -0.1) is 0 Å². The third-order valence-electron chi connectivity index (χ3n) is 3.53. The van der Waals surface area contributed by atoms with Gasteiger partial charge in [-0.1, -0.05) is 30.3 Å². The molecule has 0 aliphatic carbocycles. The zero-order valence-electron chi connectivity index (χ0n) is 13.0. The summed E-state index contributed by atoms with van der Waals surface area (Å²) < 4.78 is 0. The van der Waals surface area contributed by atoms with Crippen LogP contribution in [0.2, 0.25) is 0 Å². The van der Waals surface area contributed by atoms with Crippen molar-refractivity contribution in [1.29, 1.82) is 0 Å². The lowest BCUT2D eigenvalue weighted by atomic mass is 10.1. The third kappa shape index (κ3) is 4.33. The van der Waals surface area contributed by atoms with Gasteiger partial charge in [-0.3, -0.25) is 4.79 Å². The van der Waals surface area contributed by atoms with E-state index in [1.807, 2.05) is 61.5 Å². The molecule has 2 aromatic carbocycles. The molecule has 116 valence electrons. The van der Waals surface area contributed by atoms with Crippen LogP contribution in [0.5, 0.6) is 0 Å². The molecular weight excluding hydrogens is 276 g/mol. The van der Waals surface area contributed by atoms with Crippen molar-refractivity contribution in [3.63, 3.8) is 0 Å². The van der Waals surface area contributed by atoms with E-state index in [4.69, 9.17) is 0 Å². The van der Waals surface area contributed by atoms with Crippen LogP contribution in [0.1, 0.15) is 28.4 Å². The van der Waals surface area contributed by atoms with Crippen LogP contribution in [-0.2, 0) is 0 Å². The van der Waals surface area contributed by atoms with Gasteiger partial charge in [-0.25, -0.2) is 0 Å². The Kier molecular flexibility index (Phi) is 5.55. The number of hydrogen-bond acceptors (Lipinski definition) is 3. The van der Waals surface area contributed by atoms with Crippen LogP contribution in [0, 0.1) is 0 Å². The zero-order valence-corrected chi connectivity index (χ0v) is 13.0. The normalized spacial score (nSPS) is 11.8. The summed E-state index contributed by atoms with van der Waals surface area (Å²) >= 11 is 0. The van der Waals surface area contributed by atoms with E-state index in [0.717, 1.165) is 11.3 Å². The van der Waals surface area contributed by atoms with Crippen molar-refractivity contribution in [2.24, 2.45) is 0 Å². The van der Waals surface area contributed by atoms with Crippen LogP contribution in [0.3, 0.4) is 0 Å². The predicted molar refractivity (Wildman–Crippen MR) is 89.1 cm³/mol. The molecule has 0 aliphatic rings. The Hall–Kier alpha value is -2.33. The van der Waals surface area contributed by atoms with Gasteiger partial charge in [0.25, 0.3) is 5.91 Å². The largest absolute Gasteiger partial charge is 0.388 e. The van der Waals surface area contributed by atoms with E-state index in [9.17, 15) is 9.90 Å². The monoisotopic (exact) mass is 298 g/mol. The minimum absolute atomic E-state index is 0.120. The zero-order chi connectivity index (χ0) is 15.9. The first-order chi connectivity index (χ1) is 10.6. The van der Waals surface area contributed by atoms with Crippen LogP contribution in [0.15, 0.2) is 54.6 Å². The number of rotatable bonds is 6. The van der Waals surface area contributed by atoms with Crippen molar-refractivity contribution in [2.45, 2.75) is 12.5 Å². The Bertz CT molecular complexity index is 594. The molecule has 0 saturated heterocycles. The fourth-order valence-corrected chi connectivity index (χ4v) is 2.18. The van der Waals surface area contributed by atoms with Gasteiger partial charge in [0.05, 0.1) is 6.10 Å². The Balaban J connectivity index is 1.82. The Morgan fingerprint density at radius 2 is 1.73 bits per heavy atom. The van der Waals surface area contributed by atoms with E-state index in [2.05, 4.69) is 5.32 Å². The highest BCUT2D eigenvalue weighted by Gasteiger charge is 2.09. The first kappa shape index (κ1) is 16.0. The number of carbonyl (C=O) groups excluding carboxylic acids is 1. The standard InChI is InChI=1S/C18H22N2O2/c1-20(2)16-10-8-15(9-11-16)18(22)19-13-12-17(21)14-6-4-3-5-7-14/h3-11,17,21H,12-13H2,1-2H3,(H,19,22). The molecule has 0 spiro atoms. The van der Waals surface area contributed by atoms with E-state index >= 15 is 0 Å². The molecule has 0 aliphatic heterocycles. The average Bonchev–Trinajstić information content (AvgIpc) is 2.55. The van der Waals surface area contributed by atoms with Crippen molar-refractivity contribution >= 4 is 11.6 Å². The van der Waals surface area contributed by atoms with Gasteiger partial charge in [0.2, 0.25) is 0 Å². The van der Waals surface area contributed by atoms with E-state index < -0.39 is 6.10 Å². The number of aliphatic hydroxyl groups excluding tert-OH is 1. The first-order valence-electron chi connectivity index (χ1n) is 7.36. The molecule has 0 fully saturated rings. The van der Waals surface area contributed by atoms with Gasteiger partial charge >= 0.3 is 0 Å². The molecule has 4 heteroatoms. The maximum Gasteiger partial charge on any atom is 0.251 e.